The predicted octanol–water partition coefficient (Wildman–Crippen LogP) is 13.1. The number of hydrogen-bond acceptors (Lipinski definition) is 2. The molecule has 1 aliphatic rings. The summed E-state index contributed by atoms with van der Waals surface area (Å²) in [4.78, 5) is 0. The number of anilines is 1. The first-order valence-corrected chi connectivity index (χ1v) is 17.9. The van der Waals surface area contributed by atoms with E-state index < -0.39 is 0 Å². The predicted molar refractivity (Wildman–Crippen MR) is 221 cm³/mol. The average Bonchev–Trinajstić information content (AvgIpc) is 3.71. The molecule has 9 rings (SSSR count). The van der Waals surface area contributed by atoms with Crippen molar-refractivity contribution in [2.24, 2.45) is 5.92 Å². The van der Waals surface area contributed by atoms with Gasteiger partial charge in [0.25, 0.3) is 0 Å². The van der Waals surface area contributed by atoms with Crippen LogP contribution in [0.4, 0.5) is 5.69 Å². The first-order valence-electron chi connectivity index (χ1n) is 17.9. The van der Waals surface area contributed by atoms with Crippen molar-refractivity contribution in [1.82, 2.24) is 4.57 Å². The average molecular weight is 671 g/mol. The zero-order chi connectivity index (χ0) is 35.0. The van der Waals surface area contributed by atoms with Crippen LogP contribution in [0.5, 0.6) is 0 Å². The van der Waals surface area contributed by atoms with Gasteiger partial charge in [-0.15, -0.1) is 0 Å². The molecule has 1 atom stereocenters. The lowest BCUT2D eigenvalue weighted by Gasteiger charge is -2.10. The number of furan rings is 1. The summed E-state index contributed by atoms with van der Waals surface area (Å²) in [6.45, 7) is 6.74. The van der Waals surface area contributed by atoms with E-state index in [0.29, 0.717) is 5.92 Å². The molecule has 3 heteroatoms. The molecule has 0 amide bonds. The number of nitrogens with zero attached hydrogens (tertiary/aromatic N) is 1. The Labute approximate surface area is 304 Å². The minimum atomic E-state index is 0.480. The van der Waals surface area contributed by atoms with Gasteiger partial charge in [0.1, 0.15) is 11.3 Å². The molecule has 1 aliphatic carbocycles. The maximum atomic E-state index is 6.46. The van der Waals surface area contributed by atoms with E-state index in [1.165, 1.54) is 32.8 Å². The van der Waals surface area contributed by atoms with Crippen molar-refractivity contribution in [3.8, 4) is 16.8 Å². The van der Waals surface area contributed by atoms with Gasteiger partial charge in [-0.1, -0.05) is 117 Å². The van der Waals surface area contributed by atoms with Crippen molar-refractivity contribution in [2.45, 2.75) is 13.3 Å². The van der Waals surface area contributed by atoms with Crippen LogP contribution in [0.3, 0.4) is 0 Å². The maximum absolute atomic E-state index is 6.46. The highest BCUT2D eigenvalue weighted by molar-refractivity contribution is 6.14. The summed E-state index contributed by atoms with van der Waals surface area (Å²) < 4.78 is 8.81. The molecule has 0 saturated carbocycles. The number of aromatic nitrogens is 1. The summed E-state index contributed by atoms with van der Waals surface area (Å²) in [6.07, 6.45) is 11.7. The van der Waals surface area contributed by atoms with Crippen LogP contribution in [0.25, 0.3) is 66.8 Å². The second kappa shape index (κ2) is 13.3. The molecule has 2 heterocycles. The van der Waals surface area contributed by atoms with Gasteiger partial charge < -0.3 is 14.3 Å². The fourth-order valence-corrected chi connectivity index (χ4v) is 7.47. The molecule has 250 valence electrons. The molecule has 1 unspecified atom stereocenters. The van der Waals surface area contributed by atoms with Crippen LogP contribution in [-0.2, 0) is 6.42 Å². The van der Waals surface area contributed by atoms with Gasteiger partial charge in [-0.2, -0.15) is 0 Å². The third kappa shape index (κ3) is 5.87. The summed E-state index contributed by atoms with van der Waals surface area (Å²) in [5, 5.41) is 7.11. The largest absolute Gasteiger partial charge is 0.456 e. The van der Waals surface area contributed by atoms with Crippen LogP contribution in [0.2, 0.25) is 0 Å². The SMILES string of the molecule is C=C(/C=C(\C=C/Nc1ccc(-c2ccccc2)cc1)c1ccc2c(c1)c1cc3c4c(oc3cc1n2-c1ccccc1)C=CC(C)C4)c1ccccc1. The number of fused-ring (bicyclic) bond motifs is 6. The molecule has 52 heavy (non-hydrogen) atoms. The Hall–Kier alpha value is -6.58. The molecule has 1 N–H and O–H groups in total. The Balaban J connectivity index is 1.16. The molecule has 0 aliphatic heterocycles. The topological polar surface area (TPSA) is 30.1 Å². The van der Waals surface area contributed by atoms with E-state index in [1.807, 2.05) is 18.3 Å². The van der Waals surface area contributed by atoms with Crippen molar-refractivity contribution >= 4 is 55.7 Å². The smallest absolute Gasteiger partial charge is 0.137 e. The second-order valence-corrected chi connectivity index (χ2v) is 13.7. The molecular weight excluding hydrogens is 633 g/mol. The standard InChI is InChI=1S/C49H38N2O/c1-33-18-25-48-44(28-33)45-31-43-42-30-38(21-24-46(42)51(41-16-10-5-11-17-41)47(43)32-49(45)52-48)39(29-34(2)35-12-6-3-7-13-35)26-27-50-40-22-19-37(20-23-40)36-14-8-4-9-15-36/h3-27,29-33,50H,2,28H2,1H3/b27-26-,39-29+. The van der Waals surface area contributed by atoms with Gasteiger partial charge in [0.2, 0.25) is 0 Å². The number of rotatable bonds is 8. The van der Waals surface area contributed by atoms with Gasteiger partial charge in [-0.25, -0.2) is 0 Å². The van der Waals surface area contributed by atoms with Gasteiger partial charge in [0.05, 0.1) is 11.0 Å². The van der Waals surface area contributed by atoms with E-state index in [2.05, 4.69) is 181 Å². The monoisotopic (exact) mass is 670 g/mol. The van der Waals surface area contributed by atoms with Crippen LogP contribution in [-0.4, -0.2) is 4.57 Å². The van der Waals surface area contributed by atoms with Crippen LogP contribution in [0.1, 0.15) is 29.4 Å². The van der Waals surface area contributed by atoms with Crippen LogP contribution in [0.15, 0.2) is 181 Å². The van der Waals surface area contributed by atoms with E-state index in [1.54, 1.807) is 0 Å². The third-order valence-corrected chi connectivity index (χ3v) is 10.1. The van der Waals surface area contributed by atoms with E-state index in [9.17, 15) is 0 Å². The Morgan fingerprint density at radius 1 is 0.712 bits per heavy atom. The minimum Gasteiger partial charge on any atom is -0.456 e. The fourth-order valence-electron chi connectivity index (χ4n) is 7.47. The van der Waals surface area contributed by atoms with E-state index in [0.717, 1.165) is 62.4 Å². The molecule has 0 spiro atoms. The highest BCUT2D eigenvalue weighted by Crippen LogP contribution is 2.40. The van der Waals surface area contributed by atoms with E-state index >= 15 is 0 Å². The molecule has 6 aromatic carbocycles. The van der Waals surface area contributed by atoms with E-state index in [-0.39, 0.29) is 0 Å². The van der Waals surface area contributed by atoms with Gasteiger partial charge in [0, 0.05) is 45.4 Å². The molecule has 3 nitrogen and oxygen atoms in total. The van der Waals surface area contributed by atoms with Crippen LogP contribution < -0.4 is 5.32 Å². The zero-order valence-electron chi connectivity index (χ0n) is 29.1. The molecule has 0 radical (unpaired) electrons. The summed E-state index contributed by atoms with van der Waals surface area (Å²) in [6, 6.07) is 51.4. The number of benzene rings is 6. The maximum Gasteiger partial charge on any atom is 0.137 e. The number of para-hydroxylation sites is 1. The van der Waals surface area contributed by atoms with Crippen molar-refractivity contribution in [3.05, 3.63) is 199 Å². The minimum absolute atomic E-state index is 0.480. The van der Waals surface area contributed by atoms with Crippen molar-refractivity contribution in [3.63, 3.8) is 0 Å². The number of nitrogens with one attached hydrogen (secondary N) is 1. The fraction of sp³-hybridized carbons (Fsp3) is 0.0612. The van der Waals surface area contributed by atoms with Gasteiger partial charge in [-0.05, 0) is 106 Å². The van der Waals surface area contributed by atoms with Crippen LogP contribution in [0, 0.1) is 5.92 Å². The van der Waals surface area contributed by atoms with Crippen molar-refractivity contribution in [1.29, 1.82) is 0 Å². The summed E-state index contributed by atoms with van der Waals surface area (Å²) in [5.74, 6) is 1.46. The summed E-state index contributed by atoms with van der Waals surface area (Å²) in [5.41, 5.74) is 13.3. The summed E-state index contributed by atoms with van der Waals surface area (Å²) in [7, 11) is 0. The molecule has 8 aromatic rings. The van der Waals surface area contributed by atoms with Gasteiger partial charge in [0.15, 0.2) is 0 Å². The highest BCUT2D eigenvalue weighted by atomic mass is 16.3. The highest BCUT2D eigenvalue weighted by Gasteiger charge is 2.21. The normalized spacial score (nSPS) is 14.4. The second-order valence-electron chi connectivity index (χ2n) is 13.7. The zero-order valence-corrected chi connectivity index (χ0v) is 29.1. The first kappa shape index (κ1) is 31.4. The third-order valence-electron chi connectivity index (χ3n) is 10.1. The van der Waals surface area contributed by atoms with Crippen molar-refractivity contribution < 1.29 is 4.42 Å². The first-order chi connectivity index (χ1) is 25.6. The quantitative estimate of drug-likeness (QED) is 0.163. The molecule has 0 saturated heterocycles. The Morgan fingerprint density at radius 2 is 1.40 bits per heavy atom. The summed E-state index contributed by atoms with van der Waals surface area (Å²) >= 11 is 0. The van der Waals surface area contributed by atoms with Gasteiger partial charge >= 0.3 is 0 Å². The van der Waals surface area contributed by atoms with Gasteiger partial charge in [-0.3, -0.25) is 0 Å². The molecule has 0 bridgehead atoms. The molecule has 0 fully saturated rings. The molecular formula is C49H38N2O. The lowest BCUT2D eigenvalue weighted by molar-refractivity contribution is 0.584. The Bertz CT molecular complexity index is 2670. The van der Waals surface area contributed by atoms with Crippen molar-refractivity contribution in [2.75, 3.05) is 5.32 Å². The number of allylic oxidation sites excluding steroid dienone is 5. The lowest BCUT2D eigenvalue weighted by Crippen LogP contribution is -2.00. The lowest BCUT2D eigenvalue weighted by atomic mass is 9.93. The molecule has 2 aromatic heterocycles. The van der Waals surface area contributed by atoms with E-state index in [4.69, 9.17) is 4.42 Å². The van der Waals surface area contributed by atoms with Crippen LogP contribution >= 0.6 is 0 Å². The Morgan fingerprint density at radius 3 is 2.17 bits per heavy atom. The number of hydrogen-bond donors (Lipinski definition) is 1. The Kier molecular flexibility index (Phi) is 8.02.